The molecule has 2 aromatic carbocycles. The van der Waals surface area contributed by atoms with Gasteiger partial charge in [-0.25, -0.2) is 4.98 Å². The standard InChI is InChI=1S/C22H18F3N3O3/c23-22(24,25)16-6-5-7-17(14-16)31-13-4-3-11-26-20(29)10-12-28-15-27-19-9-2-1-8-18(19)21(28)30/h1-2,5-9,14-15H,10-13H2,(H,26,29). The maximum Gasteiger partial charge on any atom is 0.416 e. The maximum atomic E-state index is 12.6. The predicted octanol–water partition coefficient (Wildman–Crippen LogP) is 3.00. The van der Waals surface area contributed by atoms with Gasteiger partial charge in [-0.2, -0.15) is 13.2 Å². The summed E-state index contributed by atoms with van der Waals surface area (Å²) in [6.07, 6.45) is -2.96. The summed E-state index contributed by atoms with van der Waals surface area (Å²) in [5.41, 5.74) is -0.424. The van der Waals surface area contributed by atoms with Crippen molar-refractivity contribution in [3.05, 3.63) is 70.8 Å². The maximum absolute atomic E-state index is 12.6. The van der Waals surface area contributed by atoms with Crippen LogP contribution in [0.3, 0.4) is 0 Å². The van der Waals surface area contributed by atoms with E-state index >= 15 is 0 Å². The van der Waals surface area contributed by atoms with Crippen molar-refractivity contribution in [1.82, 2.24) is 14.9 Å². The summed E-state index contributed by atoms with van der Waals surface area (Å²) in [6, 6.07) is 11.5. The molecule has 1 amide bonds. The van der Waals surface area contributed by atoms with Crippen LogP contribution in [0.15, 0.2) is 59.7 Å². The number of aryl methyl sites for hydroxylation is 1. The Labute approximate surface area is 175 Å². The molecule has 0 aliphatic rings. The van der Waals surface area contributed by atoms with Gasteiger partial charge in [0.15, 0.2) is 0 Å². The largest absolute Gasteiger partial charge is 0.481 e. The minimum atomic E-state index is -4.44. The fourth-order valence-electron chi connectivity index (χ4n) is 2.71. The van der Waals surface area contributed by atoms with E-state index in [0.29, 0.717) is 10.9 Å². The summed E-state index contributed by atoms with van der Waals surface area (Å²) in [7, 11) is 0. The number of nitrogens with zero attached hydrogens (tertiary/aromatic N) is 2. The quantitative estimate of drug-likeness (QED) is 0.612. The van der Waals surface area contributed by atoms with Crippen LogP contribution in [0.1, 0.15) is 12.0 Å². The number of halogens is 3. The van der Waals surface area contributed by atoms with Crippen LogP contribution in [0, 0.1) is 11.8 Å². The molecule has 0 atom stereocenters. The number of para-hydroxylation sites is 1. The molecule has 0 aliphatic carbocycles. The third-order valence-electron chi connectivity index (χ3n) is 4.28. The number of hydrogen-bond donors (Lipinski definition) is 1. The summed E-state index contributed by atoms with van der Waals surface area (Å²) in [5, 5.41) is 3.07. The zero-order valence-corrected chi connectivity index (χ0v) is 16.3. The molecule has 0 saturated carbocycles. The Morgan fingerprint density at radius 1 is 1.13 bits per heavy atom. The molecule has 160 valence electrons. The smallest absolute Gasteiger partial charge is 0.416 e. The normalized spacial score (nSPS) is 10.9. The summed E-state index contributed by atoms with van der Waals surface area (Å²) in [4.78, 5) is 28.5. The molecule has 0 bridgehead atoms. The lowest BCUT2D eigenvalue weighted by atomic mass is 10.2. The van der Waals surface area contributed by atoms with Gasteiger partial charge < -0.3 is 10.1 Å². The first-order valence-electron chi connectivity index (χ1n) is 9.31. The number of fused-ring (bicyclic) bond motifs is 1. The number of hydrogen-bond acceptors (Lipinski definition) is 4. The van der Waals surface area contributed by atoms with Crippen LogP contribution < -0.4 is 15.6 Å². The lowest BCUT2D eigenvalue weighted by Crippen LogP contribution is -2.27. The molecule has 9 heteroatoms. The van der Waals surface area contributed by atoms with Gasteiger partial charge in [-0.3, -0.25) is 14.2 Å². The van der Waals surface area contributed by atoms with Crippen LogP contribution in [-0.2, 0) is 17.5 Å². The first-order valence-corrected chi connectivity index (χ1v) is 9.31. The van der Waals surface area contributed by atoms with Crippen LogP contribution in [0.2, 0.25) is 0 Å². The van der Waals surface area contributed by atoms with E-state index < -0.39 is 11.7 Å². The van der Waals surface area contributed by atoms with Crippen molar-refractivity contribution < 1.29 is 22.7 Å². The van der Waals surface area contributed by atoms with Crippen LogP contribution in [0.4, 0.5) is 13.2 Å². The minimum Gasteiger partial charge on any atom is -0.481 e. The van der Waals surface area contributed by atoms with Gasteiger partial charge in [0.2, 0.25) is 5.91 Å². The third kappa shape index (κ3) is 6.09. The fourth-order valence-corrected chi connectivity index (χ4v) is 2.71. The van der Waals surface area contributed by atoms with Crippen molar-refractivity contribution in [2.24, 2.45) is 0 Å². The Kier molecular flexibility index (Phi) is 6.92. The van der Waals surface area contributed by atoms with Gasteiger partial charge in [-0.1, -0.05) is 30.0 Å². The summed E-state index contributed by atoms with van der Waals surface area (Å²) in [5.74, 6) is 5.03. The highest BCUT2D eigenvalue weighted by atomic mass is 19.4. The zero-order chi connectivity index (χ0) is 22.3. The van der Waals surface area contributed by atoms with Crippen molar-refractivity contribution in [3.8, 4) is 17.6 Å². The van der Waals surface area contributed by atoms with E-state index in [2.05, 4.69) is 22.1 Å². The number of benzene rings is 2. The molecular formula is C22H18F3N3O3. The second kappa shape index (κ2) is 9.80. The molecule has 3 rings (SSSR count). The van der Waals surface area contributed by atoms with Crippen molar-refractivity contribution >= 4 is 16.8 Å². The Morgan fingerprint density at radius 3 is 2.74 bits per heavy atom. The molecule has 0 saturated heterocycles. The Hall–Kier alpha value is -3.80. The van der Waals surface area contributed by atoms with Gasteiger partial charge in [-0.15, -0.1) is 0 Å². The minimum absolute atomic E-state index is 0.0512. The Balaban J connectivity index is 1.42. The number of amides is 1. The van der Waals surface area contributed by atoms with E-state index in [9.17, 15) is 22.8 Å². The van der Waals surface area contributed by atoms with E-state index in [1.54, 1.807) is 24.3 Å². The molecular weight excluding hydrogens is 411 g/mol. The topological polar surface area (TPSA) is 73.2 Å². The second-order valence-corrected chi connectivity index (χ2v) is 6.45. The Morgan fingerprint density at radius 2 is 1.94 bits per heavy atom. The van der Waals surface area contributed by atoms with E-state index in [0.717, 1.165) is 12.1 Å². The van der Waals surface area contributed by atoms with E-state index in [1.807, 2.05) is 0 Å². The molecule has 0 radical (unpaired) electrons. The summed E-state index contributed by atoms with van der Waals surface area (Å²) >= 11 is 0. The Bertz CT molecular complexity index is 1190. The molecule has 0 fully saturated rings. The summed E-state index contributed by atoms with van der Waals surface area (Å²) in [6.45, 7) is 0.111. The van der Waals surface area contributed by atoms with Crippen molar-refractivity contribution in [2.45, 2.75) is 19.1 Å². The molecule has 0 aliphatic heterocycles. The van der Waals surface area contributed by atoms with Crippen LogP contribution >= 0.6 is 0 Å². The van der Waals surface area contributed by atoms with Crippen LogP contribution in [-0.4, -0.2) is 28.6 Å². The van der Waals surface area contributed by atoms with Gasteiger partial charge in [-0.05, 0) is 30.3 Å². The van der Waals surface area contributed by atoms with Crippen molar-refractivity contribution in [1.29, 1.82) is 0 Å². The number of carbonyl (C=O) groups is 1. The van der Waals surface area contributed by atoms with Gasteiger partial charge in [0.25, 0.3) is 5.56 Å². The lowest BCUT2D eigenvalue weighted by Gasteiger charge is -2.08. The molecule has 1 heterocycles. The number of carbonyl (C=O) groups excluding carboxylic acids is 1. The SMILES string of the molecule is O=C(CCn1cnc2ccccc2c1=O)NCC#CCOc1cccc(C(F)(F)F)c1. The highest BCUT2D eigenvalue weighted by Gasteiger charge is 2.30. The van der Waals surface area contributed by atoms with Crippen LogP contribution in [0.5, 0.6) is 5.75 Å². The number of nitrogens with one attached hydrogen (secondary N) is 1. The summed E-state index contributed by atoms with van der Waals surface area (Å²) < 4.78 is 44.5. The molecule has 0 unspecified atom stereocenters. The third-order valence-corrected chi connectivity index (χ3v) is 4.28. The predicted molar refractivity (Wildman–Crippen MR) is 108 cm³/mol. The average molecular weight is 429 g/mol. The highest BCUT2D eigenvalue weighted by Crippen LogP contribution is 2.31. The highest BCUT2D eigenvalue weighted by molar-refractivity contribution is 5.77. The number of rotatable bonds is 6. The zero-order valence-electron chi connectivity index (χ0n) is 16.3. The van der Waals surface area contributed by atoms with Crippen LogP contribution in [0.25, 0.3) is 10.9 Å². The number of ether oxygens (including phenoxy) is 1. The van der Waals surface area contributed by atoms with E-state index in [-0.39, 0.29) is 43.3 Å². The van der Waals surface area contributed by atoms with Gasteiger partial charge in [0.05, 0.1) is 29.3 Å². The average Bonchev–Trinajstić information content (AvgIpc) is 2.75. The molecule has 3 aromatic rings. The molecule has 1 N–H and O–H groups in total. The number of alkyl halides is 3. The van der Waals surface area contributed by atoms with Crippen molar-refractivity contribution in [2.75, 3.05) is 13.2 Å². The number of aromatic nitrogens is 2. The lowest BCUT2D eigenvalue weighted by molar-refractivity contribution is -0.137. The molecule has 0 spiro atoms. The first-order chi connectivity index (χ1) is 14.8. The van der Waals surface area contributed by atoms with Gasteiger partial charge in [0.1, 0.15) is 12.4 Å². The molecule has 6 nitrogen and oxygen atoms in total. The van der Waals surface area contributed by atoms with E-state index in [1.165, 1.54) is 23.0 Å². The second-order valence-electron chi connectivity index (χ2n) is 6.45. The monoisotopic (exact) mass is 429 g/mol. The van der Waals surface area contributed by atoms with Gasteiger partial charge >= 0.3 is 6.18 Å². The van der Waals surface area contributed by atoms with E-state index in [4.69, 9.17) is 4.74 Å². The molecule has 31 heavy (non-hydrogen) atoms. The first kappa shape index (κ1) is 21.9. The molecule has 1 aromatic heterocycles. The van der Waals surface area contributed by atoms with Crippen molar-refractivity contribution in [3.63, 3.8) is 0 Å². The fraction of sp³-hybridized carbons (Fsp3) is 0.227. The van der Waals surface area contributed by atoms with Gasteiger partial charge in [0, 0.05) is 13.0 Å².